The second-order valence-corrected chi connectivity index (χ2v) is 6.47. The minimum atomic E-state index is -1.24. The summed E-state index contributed by atoms with van der Waals surface area (Å²) in [6.45, 7) is 5.08. The van der Waals surface area contributed by atoms with Crippen molar-refractivity contribution < 1.29 is 19.4 Å². The summed E-state index contributed by atoms with van der Waals surface area (Å²) in [5.74, 6) is -1.20. The average molecular weight is 365 g/mol. The zero-order chi connectivity index (χ0) is 15.5. The van der Waals surface area contributed by atoms with E-state index in [1.165, 1.54) is 6.07 Å². The quantitative estimate of drug-likeness (QED) is 0.856. The van der Waals surface area contributed by atoms with Gasteiger partial charge in [0.15, 0.2) is 6.04 Å². The number of alkyl carbamates (subject to hydrolysis) is 1. The minimum absolute atomic E-state index is 0.350. The number of carbonyl (C=O) groups is 2. The number of amides is 1. The molecule has 1 aromatic carbocycles. The van der Waals surface area contributed by atoms with Gasteiger partial charge in [0.2, 0.25) is 0 Å². The Balaban J connectivity index is 2.95. The Morgan fingerprint density at radius 3 is 2.40 bits per heavy atom. The van der Waals surface area contributed by atoms with Gasteiger partial charge in [0.1, 0.15) is 5.60 Å². The summed E-state index contributed by atoms with van der Waals surface area (Å²) in [6.07, 6.45) is -0.805. The Kier molecular flexibility index (Phi) is 5.42. The SMILES string of the molecule is CC(C)(C)OC(=O)NC(C(=O)O)c1cc(Cl)cc(Br)c1. The molecule has 5 nitrogen and oxygen atoms in total. The van der Waals surface area contributed by atoms with Crippen LogP contribution in [-0.4, -0.2) is 22.8 Å². The number of hydrogen-bond donors (Lipinski definition) is 2. The molecule has 1 aromatic rings. The van der Waals surface area contributed by atoms with Gasteiger partial charge in [0, 0.05) is 9.50 Å². The Bertz CT molecular complexity index is 507. The second kappa shape index (κ2) is 6.45. The number of benzene rings is 1. The Labute approximate surface area is 130 Å². The highest BCUT2D eigenvalue weighted by Crippen LogP contribution is 2.24. The summed E-state index contributed by atoms with van der Waals surface area (Å²) in [5.41, 5.74) is -0.357. The number of ether oxygens (including phenoxy) is 1. The van der Waals surface area contributed by atoms with E-state index < -0.39 is 23.7 Å². The van der Waals surface area contributed by atoms with Crippen LogP contribution < -0.4 is 5.32 Å². The van der Waals surface area contributed by atoms with Crippen molar-refractivity contribution in [2.75, 3.05) is 0 Å². The van der Waals surface area contributed by atoms with E-state index in [4.69, 9.17) is 16.3 Å². The summed E-state index contributed by atoms with van der Waals surface area (Å²) in [4.78, 5) is 23.0. The summed E-state index contributed by atoms with van der Waals surface area (Å²) in [6, 6.07) is 3.43. The molecule has 0 saturated heterocycles. The molecule has 0 aliphatic rings. The van der Waals surface area contributed by atoms with Crippen LogP contribution in [0.15, 0.2) is 22.7 Å². The Morgan fingerprint density at radius 1 is 1.35 bits per heavy atom. The Hall–Kier alpha value is -1.27. The van der Waals surface area contributed by atoms with Crippen molar-refractivity contribution >= 4 is 39.6 Å². The molecule has 1 unspecified atom stereocenters. The molecule has 0 fully saturated rings. The van der Waals surface area contributed by atoms with E-state index in [9.17, 15) is 14.7 Å². The van der Waals surface area contributed by atoms with E-state index in [2.05, 4.69) is 21.2 Å². The standard InChI is InChI=1S/C13H15BrClNO4/c1-13(2,3)20-12(19)16-10(11(17)18)7-4-8(14)6-9(15)5-7/h4-6,10H,1-3H3,(H,16,19)(H,17,18). The lowest BCUT2D eigenvalue weighted by atomic mass is 10.1. The predicted octanol–water partition coefficient (Wildman–Crippen LogP) is 3.75. The number of aliphatic carboxylic acids is 1. The molecule has 0 radical (unpaired) electrons. The molecule has 2 N–H and O–H groups in total. The van der Waals surface area contributed by atoms with Gasteiger partial charge in [-0.25, -0.2) is 9.59 Å². The number of carboxylic acids is 1. The minimum Gasteiger partial charge on any atom is -0.479 e. The van der Waals surface area contributed by atoms with Gasteiger partial charge in [0.05, 0.1) is 0 Å². The van der Waals surface area contributed by atoms with E-state index in [0.717, 1.165) is 0 Å². The summed E-state index contributed by atoms with van der Waals surface area (Å²) in [7, 11) is 0. The summed E-state index contributed by atoms with van der Waals surface area (Å²) < 4.78 is 5.66. The van der Waals surface area contributed by atoms with Gasteiger partial charge in [0.25, 0.3) is 0 Å². The third-order valence-corrected chi connectivity index (χ3v) is 2.80. The molecule has 0 spiro atoms. The van der Waals surface area contributed by atoms with Crippen molar-refractivity contribution in [3.63, 3.8) is 0 Å². The van der Waals surface area contributed by atoms with Crippen LogP contribution in [0.2, 0.25) is 5.02 Å². The molecule has 1 rings (SSSR count). The van der Waals surface area contributed by atoms with Crippen LogP contribution in [-0.2, 0) is 9.53 Å². The van der Waals surface area contributed by atoms with Gasteiger partial charge in [-0.2, -0.15) is 0 Å². The lowest BCUT2D eigenvalue weighted by molar-refractivity contribution is -0.139. The number of carbonyl (C=O) groups excluding carboxylic acids is 1. The van der Waals surface area contributed by atoms with Crippen LogP contribution in [0.25, 0.3) is 0 Å². The first-order chi connectivity index (χ1) is 9.08. The lowest BCUT2D eigenvalue weighted by Crippen LogP contribution is -2.38. The van der Waals surface area contributed by atoms with Crippen molar-refractivity contribution in [1.29, 1.82) is 0 Å². The highest BCUT2D eigenvalue weighted by Gasteiger charge is 2.25. The smallest absolute Gasteiger partial charge is 0.408 e. The highest BCUT2D eigenvalue weighted by molar-refractivity contribution is 9.10. The zero-order valence-corrected chi connectivity index (χ0v) is 13.6. The maximum Gasteiger partial charge on any atom is 0.408 e. The van der Waals surface area contributed by atoms with E-state index in [0.29, 0.717) is 15.1 Å². The first-order valence-corrected chi connectivity index (χ1v) is 6.94. The molecule has 0 aliphatic heterocycles. The van der Waals surface area contributed by atoms with Gasteiger partial charge in [-0.1, -0.05) is 27.5 Å². The molecule has 110 valence electrons. The third-order valence-electron chi connectivity index (χ3n) is 2.13. The number of hydrogen-bond acceptors (Lipinski definition) is 3. The van der Waals surface area contributed by atoms with Crippen LogP contribution in [0.3, 0.4) is 0 Å². The number of carboxylic acid groups (broad SMARTS) is 1. The number of rotatable bonds is 3. The molecule has 1 amide bonds. The maximum absolute atomic E-state index is 11.7. The predicted molar refractivity (Wildman–Crippen MR) is 78.9 cm³/mol. The molecular weight excluding hydrogens is 350 g/mol. The average Bonchev–Trinajstić information content (AvgIpc) is 2.21. The van der Waals surface area contributed by atoms with Crippen molar-refractivity contribution in [3.05, 3.63) is 33.3 Å². The first kappa shape index (κ1) is 16.8. The van der Waals surface area contributed by atoms with Gasteiger partial charge in [-0.3, -0.25) is 0 Å². The molecule has 0 bridgehead atoms. The molecule has 0 heterocycles. The topological polar surface area (TPSA) is 75.6 Å². The van der Waals surface area contributed by atoms with Crippen molar-refractivity contribution in [2.24, 2.45) is 0 Å². The highest BCUT2D eigenvalue weighted by atomic mass is 79.9. The molecular formula is C13H15BrClNO4. The van der Waals surface area contributed by atoms with Crippen molar-refractivity contribution in [2.45, 2.75) is 32.4 Å². The van der Waals surface area contributed by atoms with E-state index in [1.807, 2.05) is 0 Å². The van der Waals surface area contributed by atoms with E-state index in [-0.39, 0.29) is 0 Å². The fraction of sp³-hybridized carbons (Fsp3) is 0.385. The van der Waals surface area contributed by atoms with Crippen LogP contribution >= 0.6 is 27.5 Å². The van der Waals surface area contributed by atoms with Gasteiger partial charge in [-0.05, 0) is 44.5 Å². The Morgan fingerprint density at radius 2 is 1.95 bits per heavy atom. The summed E-state index contributed by atoms with van der Waals surface area (Å²) in [5, 5.41) is 11.9. The summed E-state index contributed by atoms with van der Waals surface area (Å²) >= 11 is 9.10. The second-order valence-electron chi connectivity index (χ2n) is 5.12. The fourth-order valence-corrected chi connectivity index (χ4v) is 2.34. The molecule has 20 heavy (non-hydrogen) atoms. The van der Waals surface area contributed by atoms with Gasteiger partial charge < -0.3 is 15.2 Å². The first-order valence-electron chi connectivity index (χ1n) is 5.77. The zero-order valence-electron chi connectivity index (χ0n) is 11.2. The normalized spacial score (nSPS) is 12.7. The molecule has 0 aromatic heterocycles. The van der Waals surface area contributed by atoms with Gasteiger partial charge >= 0.3 is 12.1 Å². The van der Waals surface area contributed by atoms with Crippen LogP contribution in [0, 0.1) is 0 Å². The number of nitrogens with one attached hydrogen (secondary N) is 1. The van der Waals surface area contributed by atoms with Crippen LogP contribution in [0.5, 0.6) is 0 Å². The molecule has 1 atom stereocenters. The van der Waals surface area contributed by atoms with E-state index >= 15 is 0 Å². The monoisotopic (exact) mass is 363 g/mol. The third kappa shape index (κ3) is 5.38. The molecule has 0 saturated carbocycles. The van der Waals surface area contributed by atoms with Crippen LogP contribution in [0.1, 0.15) is 32.4 Å². The lowest BCUT2D eigenvalue weighted by Gasteiger charge is -2.22. The van der Waals surface area contributed by atoms with E-state index in [1.54, 1.807) is 32.9 Å². The van der Waals surface area contributed by atoms with Crippen molar-refractivity contribution in [3.8, 4) is 0 Å². The number of halogens is 2. The maximum atomic E-state index is 11.7. The fourth-order valence-electron chi connectivity index (χ4n) is 1.45. The van der Waals surface area contributed by atoms with Gasteiger partial charge in [-0.15, -0.1) is 0 Å². The molecule has 0 aliphatic carbocycles. The largest absolute Gasteiger partial charge is 0.479 e. The molecule has 7 heteroatoms. The van der Waals surface area contributed by atoms with Crippen LogP contribution in [0.4, 0.5) is 4.79 Å². The van der Waals surface area contributed by atoms with Crippen molar-refractivity contribution in [1.82, 2.24) is 5.32 Å².